The molecular weight excluding hydrogens is 224 g/mol. The van der Waals surface area contributed by atoms with Gasteiger partial charge in [0, 0.05) is 11.6 Å². The molecule has 0 spiro atoms. The first-order valence-electron chi connectivity index (χ1n) is 5.19. The third kappa shape index (κ3) is 2.29. The zero-order valence-electron chi connectivity index (χ0n) is 9.09. The highest BCUT2D eigenvalue weighted by Gasteiger charge is 2.29. The molecule has 3 nitrogen and oxygen atoms in total. The second-order valence-electron chi connectivity index (χ2n) is 4.29. The van der Waals surface area contributed by atoms with Crippen molar-refractivity contribution in [2.45, 2.75) is 18.9 Å². The van der Waals surface area contributed by atoms with Crippen LogP contribution in [-0.2, 0) is 4.74 Å². The number of benzene rings is 1. The van der Waals surface area contributed by atoms with Crippen molar-refractivity contribution in [1.82, 2.24) is 0 Å². The van der Waals surface area contributed by atoms with Gasteiger partial charge in [0.15, 0.2) is 0 Å². The van der Waals surface area contributed by atoms with Crippen molar-refractivity contribution in [3.05, 3.63) is 28.8 Å². The molecule has 0 aromatic heterocycles. The van der Waals surface area contributed by atoms with E-state index in [1.54, 1.807) is 18.2 Å². The Morgan fingerprint density at radius 2 is 2.38 bits per heavy atom. The predicted octanol–water partition coefficient (Wildman–Crippen LogP) is 2.80. The molecule has 4 heteroatoms. The summed E-state index contributed by atoms with van der Waals surface area (Å²) < 4.78 is 5.36. The Balaban J connectivity index is 2.26. The minimum absolute atomic E-state index is 0.101. The van der Waals surface area contributed by atoms with Gasteiger partial charge in [0.25, 0.3) is 0 Å². The van der Waals surface area contributed by atoms with Crippen molar-refractivity contribution >= 4 is 17.3 Å². The maximum atomic E-state index is 9.00. The van der Waals surface area contributed by atoms with Gasteiger partial charge in [-0.25, -0.2) is 0 Å². The van der Waals surface area contributed by atoms with Crippen molar-refractivity contribution in [2.75, 3.05) is 18.5 Å². The summed E-state index contributed by atoms with van der Waals surface area (Å²) in [5.41, 5.74) is 1.29. The van der Waals surface area contributed by atoms with Gasteiger partial charge in [-0.3, -0.25) is 0 Å². The SMILES string of the molecule is CC1(Nc2cc(Cl)ccc2C#N)CCOC1. The lowest BCUT2D eigenvalue weighted by atomic mass is 10.0. The maximum absolute atomic E-state index is 9.00. The number of anilines is 1. The van der Waals surface area contributed by atoms with Crippen LogP contribution in [0.4, 0.5) is 5.69 Å². The van der Waals surface area contributed by atoms with Gasteiger partial charge in [0.1, 0.15) is 6.07 Å². The smallest absolute Gasteiger partial charge is 0.101 e. The van der Waals surface area contributed by atoms with Gasteiger partial charge in [-0.1, -0.05) is 11.6 Å². The van der Waals surface area contributed by atoms with E-state index in [-0.39, 0.29) is 5.54 Å². The lowest BCUT2D eigenvalue weighted by Crippen LogP contribution is -2.35. The second-order valence-corrected chi connectivity index (χ2v) is 4.73. The molecule has 1 aromatic carbocycles. The quantitative estimate of drug-likeness (QED) is 0.859. The number of ether oxygens (including phenoxy) is 1. The van der Waals surface area contributed by atoms with Gasteiger partial charge in [-0.05, 0) is 31.5 Å². The highest BCUT2D eigenvalue weighted by Crippen LogP contribution is 2.27. The molecule has 0 saturated carbocycles. The number of nitrogens with zero attached hydrogens (tertiary/aromatic N) is 1. The number of halogens is 1. The van der Waals surface area contributed by atoms with E-state index in [1.165, 1.54) is 0 Å². The van der Waals surface area contributed by atoms with Gasteiger partial charge in [-0.15, -0.1) is 0 Å². The van der Waals surface area contributed by atoms with Crippen molar-refractivity contribution in [1.29, 1.82) is 5.26 Å². The van der Waals surface area contributed by atoms with Gasteiger partial charge in [0.2, 0.25) is 0 Å². The summed E-state index contributed by atoms with van der Waals surface area (Å²) >= 11 is 5.92. The number of nitriles is 1. The molecule has 0 amide bonds. The van der Waals surface area contributed by atoms with Crippen LogP contribution in [-0.4, -0.2) is 18.8 Å². The zero-order chi connectivity index (χ0) is 11.6. The Kier molecular flexibility index (Phi) is 3.04. The fraction of sp³-hybridized carbons (Fsp3) is 0.417. The first-order chi connectivity index (χ1) is 7.63. The van der Waals surface area contributed by atoms with Crippen LogP contribution >= 0.6 is 11.6 Å². The van der Waals surface area contributed by atoms with Crippen molar-refractivity contribution in [3.8, 4) is 6.07 Å². The van der Waals surface area contributed by atoms with E-state index in [2.05, 4.69) is 18.3 Å². The summed E-state index contributed by atoms with van der Waals surface area (Å²) in [4.78, 5) is 0. The molecule has 84 valence electrons. The second kappa shape index (κ2) is 4.32. The van der Waals surface area contributed by atoms with E-state index in [1.807, 2.05) is 0 Å². The number of rotatable bonds is 2. The molecule has 1 atom stereocenters. The molecular formula is C12H13ClN2O. The fourth-order valence-electron chi connectivity index (χ4n) is 1.81. The van der Waals surface area contributed by atoms with E-state index in [0.717, 1.165) is 18.7 Å². The molecule has 1 fully saturated rings. The fourth-order valence-corrected chi connectivity index (χ4v) is 1.98. The molecule has 0 radical (unpaired) electrons. The molecule has 0 bridgehead atoms. The van der Waals surface area contributed by atoms with Crippen molar-refractivity contribution < 1.29 is 4.74 Å². The predicted molar refractivity (Wildman–Crippen MR) is 63.6 cm³/mol. The number of hydrogen-bond donors (Lipinski definition) is 1. The highest BCUT2D eigenvalue weighted by atomic mass is 35.5. The molecule has 1 saturated heterocycles. The van der Waals surface area contributed by atoms with Crippen LogP contribution in [0.25, 0.3) is 0 Å². The third-order valence-corrected chi connectivity index (χ3v) is 2.99. The van der Waals surface area contributed by atoms with E-state index >= 15 is 0 Å². The summed E-state index contributed by atoms with van der Waals surface area (Å²) in [6, 6.07) is 7.38. The van der Waals surface area contributed by atoms with Crippen LogP contribution in [0, 0.1) is 11.3 Å². The molecule has 1 unspecified atom stereocenters. The van der Waals surface area contributed by atoms with E-state index in [9.17, 15) is 0 Å². The van der Waals surface area contributed by atoms with E-state index in [0.29, 0.717) is 17.2 Å². The summed E-state index contributed by atoms with van der Waals surface area (Å²) in [5.74, 6) is 0. The van der Waals surface area contributed by atoms with Crippen LogP contribution < -0.4 is 5.32 Å². The molecule has 1 aromatic rings. The average Bonchev–Trinajstić information content (AvgIpc) is 2.65. The maximum Gasteiger partial charge on any atom is 0.101 e. The Morgan fingerprint density at radius 3 is 3.00 bits per heavy atom. The number of nitrogens with one attached hydrogen (secondary N) is 1. The monoisotopic (exact) mass is 236 g/mol. The van der Waals surface area contributed by atoms with Gasteiger partial charge in [-0.2, -0.15) is 5.26 Å². The topological polar surface area (TPSA) is 45.0 Å². The first-order valence-corrected chi connectivity index (χ1v) is 5.56. The third-order valence-electron chi connectivity index (χ3n) is 2.76. The molecule has 1 aliphatic rings. The Bertz CT molecular complexity index is 433. The largest absolute Gasteiger partial charge is 0.379 e. The van der Waals surface area contributed by atoms with Gasteiger partial charge in [0.05, 0.1) is 23.4 Å². The van der Waals surface area contributed by atoms with Crippen LogP contribution in [0.1, 0.15) is 18.9 Å². The van der Waals surface area contributed by atoms with E-state index < -0.39 is 0 Å². The van der Waals surface area contributed by atoms with Crippen LogP contribution in [0.15, 0.2) is 18.2 Å². The van der Waals surface area contributed by atoms with E-state index in [4.69, 9.17) is 21.6 Å². The minimum Gasteiger partial charge on any atom is -0.379 e. The summed E-state index contributed by atoms with van der Waals surface area (Å²) in [6.45, 7) is 3.50. The summed E-state index contributed by atoms with van der Waals surface area (Å²) in [7, 11) is 0. The lowest BCUT2D eigenvalue weighted by molar-refractivity contribution is 0.185. The van der Waals surface area contributed by atoms with Crippen molar-refractivity contribution in [3.63, 3.8) is 0 Å². The summed E-state index contributed by atoms with van der Waals surface area (Å²) in [5, 5.41) is 13.0. The molecule has 16 heavy (non-hydrogen) atoms. The molecule has 2 rings (SSSR count). The Labute approximate surface area is 100.0 Å². The van der Waals surface area contributed by atoms with Crippen LogP contribution in [0.3, 0.4) is 0 Å². The van der Waals surface area contributed by atoms with Crippen LogP contribution in [0.2, 0.25) is 5.02 Å². The number of hydrogen-bond acceptors (Lipinski definition) is 3. The molecule has 1 aliphatic heterocycles. The molecule has 0 aliphatic carbocycles. The molecule has 1 N–H and O–H groups in total. The first kappa shape index (κ1) is 11.3. The normalized spacial score (nSPS) is 24.1. The van der Waals surface area contributed by atoms with Crippen LogP contribution in [0.5, 0.6) is 0 Å². The lowest BCUT2D eigenvalue weighted by Gasteiger charge is -2.25. The Hall–Kier alpha value is -1.24. The molecule has 1 heterocycles. The standard InChI is InChI=1S/C12H13ClN2O/c1-12(4-5-16-8-12)15-11-6-10(13)3-2-9(11)7-14/h2-3,6,15H,4-5,8H2,1H3. The average molecular weight is 237 g/mol. The highest BCUT2D eigenvalue weighted by molar-refractivity contribution is 6.30. The van der Waals surface area contributed by atoms with Gasteiger partial charge < -0.3 is 10.1 Å². The van der Waals surface area contributed by atoms with Gasteiger partial charge >= 0.3 is 0 Å². The Morgan fingerprint density at radius 1 is 1.56 bits per heavy atom. The van der Waals surface area contributed by atoms with Crippen molar-refractivity contribution in [2.24, 2.45) is 0 Å². The zero-order valence-corrected chi connectivity index (χ0v) is 9.84. The summed E-state index contributed by atoms with van der Waals surface area (Å²) in [6.07, 6.45) is 0.935. The minimum atomic E-state index is -0.101.